The normalized spacial score (nSPS) is 12.3. The van der Waals surface area contributed by atoms with Crippen LogP contribution in [0.4, 0.5) is 0 Å². The Labute approximate surface area is 103 Å². The zero-order valence-corrected chi connectivity index (χ0v) is 11.5. The topological polar surface area (TPSA) is 70.8 Å². The minimum Gasteiger partial charge on any atom is -0.450 e. The number of hydrogen-bond acceptors (Lipinski definition) is 4. The van der Waals surface area contributed by atoms with Gasteiger partial charge in [0.2, 0.25) is 10.0 Å². The highest BCUT2D eigenvalue weighted by Gasteiger charge is 2.26. The van der Waals surface area contributed by atoms with Crippen molar-refractivity contribution in [2.45, 2.75) is 24.8 Å². The van der Waals surface area contributed by atoms with Crippen molar-refractivity contribution in [3.05, 3.63) is 16.5 Å². The molecule has 0 spiro atoms. The number of aliphatic hydroxyl groups is 1. The predicted octanol–water partition coefficient (Wildman–Crippen LogP) is 1.56. The number of rotatable bonds is 5. The highest BCUT2D eigenvalue weighted by Crippen LogP contribution is 2.28. The van der Waals surface area contributed by atoms with Crippen LogP contribution >= 0.6 is 15.9 Å². The second kappa shape index (κ2) is 5.31. The van der Waals surface area contributed by atoms with Gasteiger partial charge >= 0.3 is 0 Å². The molecule has 7 heteroatoms. The van der Waals surface area contributed by atoms with Crippen LogP contribution in [0.5, 0.6) is 0 Å². The Bertz CT molecular complexity index is 454. The maximum atomic E-state index is 12.0. The van der Waals surface area contributed by atoms with Gasteiger partial charge in [-0.2, -0.15) is 0 Å². The molecule has 0 radical (unpaired) electrons. The molecule has 0 fully saturated rings. The van der Waals surface area contributed by atoms with Gasteiger partial charge in [-0.05, 0) is 22.4 Å². The molecule has 0 aliphatic carbocycles. The number of furan rings is 1. The lowest BCUT2D eigenvalue weighted by molar-refractivity contribution is 0.245. The van der Waals surface area contributed by atoms with E-state index >= 15 is 0 Å². The molecule has 1 aromatic rings. The Morgan fingerprint density at radius 2 is 2.19 bits per heavy atom. The predicted molar refractivity (Wildman–Crippen MR) is 62.4 cm³/mol. The van der Waals surface area contributed by atoms with Gasteiger partial charge in [-0.25, -0.2) is 12.7 Å². The molecular formula is C9H14BrNO4S. The number of sulfonamides is 1. The van der Waals surface area contributed by atoms with Crippen LogP contribution in [0, 0.1) is 0 Å². The van der Waals surface area contributed by atoms with Crippen molar-refractivity contribution in [1.82, 2.24) is 4.31 Å². The van der Waals surface area contributed by atoms with Crippen molar-refractivity contribution in [1.29, 1.82) is 0 Å². The van der Waals surface area contributed by atoms with E-state index in [0.717, 1.165) is 6.42 Å². The molecule has 0 aliphatic rings. The van der Waals surface area contributed by atoms with E-state index in [9.17, 15) is 8.42 Å². The van der Waals surface area contributed by atoms with Crippen LogP contribution in [0.3, 0.4) is 0 Å². The molecule has 0 unspecified atom stereocenters. The van der Waals surface area contributed by atoms with Crippen LogP contribution in [0.1, 0.15) is 19.1 Å². The summed E-state index contributed by atoms with van der Waals surface area (Å²) in [6.45, 7) is 2.01. The van der Waals surface area contributed by atoms with E-state index in [4.69, 9.17) is 9.52 Å². The first-order valence-electron chi connectivity index (χ1n) is 4.78. The van der Waals surface area contributed by atoms with Gasteiger partial charge in [0.1, 0.15) is 17.3 Å². The van der Waals surface area contributed by atoms with E-state index < -0.39 is 10.0 Å². The average Bonchev–Trinajstić information content (AvgIpc) is 2.60. The molecule has 1 N–H and O–H groups in total. The molecule has 0 amide bonds. The Morgan fingerprint density at radius 1 is 1.56 bits per heavy atom. The Morgan fingerprint density at radius 3 is 2.62 bits per heavy atom. The first-order valence-corrected chi connectivity index (χ1v) is 7.02. The highest BCUT2D eigenvalue weighted by molar-refractivity contribution is 9.10. The molecule has 0 aromatic carbocycles. The maximum Gasteiger partial charge on any atom is 0.247 e. The smallest absolute Gasteiger partial charge is 0.247 e. The summed E-state index contributed by atoms with van der Waals surface area (Å²) in [5.74, 6) is 0.218. The molecule has 0 saturated carbocycles. The quantitative estimate of drug-likeness (QED) is 0.896. The largest absolute Gasteiger partial charge is 0.450 e. The number of nitrogens with zero attached hydrogens (tertiary/aromatic N) is 1. The summed E-state index contributed by atoms with van der Waals surface area (Å²) in [5.41, 5.74) is 0. The van der Waals surface area contributed by atoms with Crippen LogP contribution in [0.25, 0.3) is 0 Å². The fourth-order valence-corrected chi connectivity index (χ4v) is 3.47. The summed E-state index contributed by atoms with van der Waals surface area (Å²) in [6.07, 6.45) is 0.734. The highest BCUT2D eigenvalue weighted by atomic mass is 79.9. The number of halogens is 1. The van der Waals surface area contributed by atoms with Crippen molar-refractivity contribution < 1.29 is 17.9 Å². The fraction of sp³-hybridized carbons (Fsp3) is 0.556. The number of hydrogen-bond donors (Lipinski definition) is 1. The average molecular weight is 312 g/mol. The van der Waals surface area contributed by atoms with Crippen LogP contribution in [-0.2, 0) is 16.6 Å². The zero-order chi connectivity index (χ0) is 12.3. The van der Waals surface area contributed by atoms with Gasteiger partial charge in [0.05, 0.1) is 0 Å². The first kappa shape index (κ1) is 13.7. The van der Waals surface area contributed by atoms with Gasteiger partial charge in [-0.3, -0.25) is 0 Å². The summed E-state index contributed by atoms with van der Waals surface area (Å²) in [7, 11) is -2.03. The van der Waals surface area contributed by atoms with Crippen LogP contribution < -0.4 is 0 Å². The van der Waals surface area contributed by atoms with E-state index in [-0.39, 0.29) is 21.9 Å². The molecule has 0 aliphatic heterocycles. The lowest BCUT2D eigenvalue weighted by Gasteiger charge is -2.14. The van der Waals surface area contributed by atoms with Gasteiger partial charge in [0.15, 0.2) is 4.67 Å². The molecule has 1 aromatic heterocycles. The van der Waals surface area contributed by atoms with Gasteiger partial charge in [-0.1, -0.05) is 6.92 Å². The molecule has 1 rings (SSSR count). The van der Waals surface area contributed by atoms with E-state index in [1.807, 2.05) is 6.92 Å². The summed E-state index contributed by atoms with van der Waals surface area (Å²) in [6, 6.07) is 1.32. The van der Waals surface area contributed by atoms with Crippen molar-refractivity contribution in [3.63, 3.8) is 0 Å². The first-order chi connectivity index (χ1) is 7.43. The van der Waals surface area contributed by atoms with Crippen molar-refractivity contribution in [2.75, 3.05) is 13.6 Å². The maximum absolute atomic E-state index is 12.0. The minimum absolute atomic E-state index is 0.0486. The van der Waals surface area contributed by atoms with E-state index in [1.54, 1.807) is 0 Å². The summed E-state index contributed by atoms with van der Waals surface area (Å²) >= 11 is 3.03. The Hall–Kier alpha value is -0.370. The van der Waals surface area contributed by atoms with Crippen molar-refractivity contribution in [3.8, 4) is 0 Å². The Kier molecular flexibility index (Phi) is 4.54. The van der Waals surface area contributed by atoms with E-state index in [0.29, 0.717) is 6.54 Å². The lowest BCUT2D eigenvalue weighted by atomic mass is 10.5. The Balaban J connectivity index is 3.11. The van der Waals surface area contributed by atoms with E-state index in [2.05, 4.69) is 15.9 Å². The summed E-state index contributed by atoms with van der Waals surface area (Å²) in [5, 5.41) is 8.86. The van der Waals surface area contributed by atoms with Gasteiger partial charge in [0.25, 0.3) is 0 Å². The third-order valence-electron chi connectivity index (χ3n) is 2.09. The molecule has 5 nitrogen and oxygen atoms in total. The van der Waals surface area contributed by atoms with Gasteiger partial charge in [-0.15, -0.1) is 0 Å². The van der Waals surface area contributed by atoms with E-state index in [1.165, 1.54) is 17.4 Å². The molecular weight excluding hydrogens is 298 g/mol. The van der Waals surface area contributed by atoms with Gasteiger partial charge < -0.3 is 9.52 Å². The standard InChI is InChI=1S/C9H14BrNO4S/c1-3-4-11(2)16(13,14)8-5-7(6-12)15-9(8)10/h5,12H,3-4,6H2,1-2H3. The molecule has 16 heavy (non-hydrogen) atoms. The lowest BCUT2D eigenvalue weighted by Crippen LogP contribution is -2.27. The second-order valence-electron chi connectivity index (χ2n) is 3.34. The third-order valence-corrected chi connectivity index (χ3v) is 4.80. The summed E-state index contributed by atoms with van der Waals surface area (Å²) in [4.78, 5) is 0.0486. The third kappa shape index (κ3) is 2.65. The van der Waals surface area contributed by atoms with Crippen molar-refractivity contribution in [2.24, 2.45) is 0 Å². The fourth-order valence-electron chi connectivity index (χ4n) is 1.25. The second-order valence-corrected chi connectivity index (χ2v) is 6.07. The minimum atomic E-state index is -3.54. The van der Waals surface area contributed by atoms with Crippen LogP contribution in [-0.4, -0.2) is 31.4 Å². The SMILES string of the molecule is CCCN(C)S(=O)(=O)c1cc(CO)oc1Br. The van der Waals surface area contributed by atoms with Crippen LogP contribution in [0.2, 0.25) is 0 Å². The van der Waals surface area contributed by atoms with Crippen molar-refractivity contribution >= 4 is 26.0 Å². The van der Waals surface area contributed by atoms with Crippen LogP contribution in [0.15, 0.2) is 20.0 Å². The molecule has 0 saturated heterocycles. The monoisotopic (exact) mass is 311 g/mol. The molecule has 92 valence electrons. The molecule has 1 heterocycles. The zero-order valence-electron chi connectivity index (χ0n) is 9.10. The molecule has 0 atom stereocenters. The molecule has 0 bridgehead atoms. The van der Waals surface area contributed by atoms with Gasteiger partial charge in [0, 0.05) is 19.7 Å². The number of aliphatic hydroxyl groups excluding tert-OH is 1. The summed E-state index contributed by atoms with van der Waals surface area (Å²) < 4.78 is 30.5.